The van der Waals surface area contributed by atoms with Crippen molar-refractivity contribution in [3.8, 4) is 5.75 Å². The molecule has 1 heterocycles. The Bertz CT molecular complexity index is 1060. The van der Waals surface area contributed by atoms with E-state index in [0.29, 0.717) is 39.2 Å². The average Bonchev–Trinajstić information content (AvgIpc) is 2.66. The zero-order valence-corrected chi connectivity index (χ0v) is 16.8. The molecule has 6 nitrogen and oxygen atoms in total. The molecular formula is C20H19BrN2O4. The Labute approximate surface area is 164 Å². The maximum absolute atomic E-state index is 13.4. The Balaban J connectivity index is 2.38. The lowest BCUT2D eigenvalue weighted by atomic mass is 9.97. The standard InChI is InChI=1S/C20H19BrN2O4/c1-4-27-19-11(2)13(9-24)18-17(12(19)3)20(26)23(16(10-25)22-18)15-8-6-5-7-14(15)21/h5-8,16,25H,4,10H2,1-3H3. The molecule has 1 N–H and O–H groups in total. The third kappa shape index (κ3) is 3.08. The highest BCUT2D eigenvalue weighted by Gasteiger charge is 2.34. The molecular weight excluding hydrogens is 412 g/mol. The zero-order chi connectivity index (χ0) is 19.7. The van der Waals surface area contributed by atoms with E-state index in [1.165, 1.54) is 4.90 Å². The molecule has 1 aliphatic rings. The molecule has 1 amide bonds. The van der Waals surface area contributed by atoms with E-state index in [1.54, 1.807) is 26.0 Å². The molecule has 140 valence electrons. The summed E-state index contributed by atoms with van der Waals surface area (Å²) in [5.74, 6) is 2.04. The van der Waals surface area contributed by atoms with Crippen LogP contribution in [0.15, 0.2) is 33.7 Å². The number of aliphatic hydroxyl groups excluding tert-OH is 1. The lowest BCUT2D eigenvalue weighted by Gasteiger charge is -2.33. The van der Waals surface area contributed by atoms with Crippen LogP contribution in [0.2, 0.25) is 0 Å². The number of amides is 1. The van der Waals surface area contributed by atoms with E-state index in [0.717, 1.165) is 0 Å². The number of fused-ring (bicyclic) bond motifs is 1. The van der Waals surface area contributed by atoms with E-state index in [-0.39, 0.29) is 23.1 Å². The highest BCUT2D eigenvalue weighted by molar-refractivity contribution is 9.10. The maximum atomic E-state index is 13.4. The van der Waals surface area contributed by atoms with Crippen LogP contribution in [0.4, 0.5) is 5.69 Å². The SMILES string of the molecule is CCOc1c(C)c2c(c(=C=O)c1C)=NC(CO)N(c1ccccc1Br)C2=O. The van der Waals surface area contributed by atoms with Crippen LogP contribution in [0, 0.1) is 13.8 Å². The van der Waals surface area contributed by atoms with Crippen molar-refractivity contribution < 1.29 is 19.4 Å². The van der Waals surface area contributed by atoms with Gasteiger partial charge in [-0.15, -0.1) is 0 Å². The molecule has 1 unspecified atom stereocenters. The van der Waals surface area contributed by atoms with Crippen molar-refractivity contribution >= 4 is 33.5 Å². The van der Waals surface area contributed by atoms with Gasteiger partial charge in [0, 0.05) is 15.6 Å². The Kier molecular flexibility index (Phi) is 5.46. The van der Waals surface area contributed by atoms with Gasteiger partial charge in [0.15, 0.2) is 6.17 Å². The molecule has 0 saturated carbocycles. The van der Waals surface area contributed by atoms with Crippen molar-refractivity contribution in [1.82, 2.24) is 0 Å². The molecule has 1 atom stereocenters. The molecule has 2 aromatic carbocycles. The van der Waals surface area contributed by atoms with Crippen LogP contribution >= 0.6 is 15.9 Å². The topological polar surface area (TPSA) is 79.2 Å². The van der Waals surface area contributed by atoms with Gasteiger partial charge in [0.05, 0.1) is 35.0 Å². The zero-order valence-electron chi connectivity index (χ0n) is 15.2. The van der Waals surface area contributed by atoms with Gasteiger partial charge in [0.25, 0.3) is 5.91 Å². The minimum Gasteiger partial charge on any atom is -0.493 e. The largest absolute Gasteiger partial charge is 0.493 e. The van der Waals surface area contributed by atoms with E-state index >= 15 is 0 Å². The summed E-state index contributed by atoms with van der Waals surface area (Å²) < 4.78 is 6.39. The molecule has 1 aliphatic heterocycles. The smallest absolute Gasteiger partial charge is 0.262 e. The molecule has 27 heavy (non-hydrogen) atoms. The Hall–Kier alpha value is -2.47. The first-order valence-corrected chi connectivity index (χ1v) is 9.33. The van der Waals surface area contributed by atoms with Crippen LogP contribution in [0.5, 0.6) is 5.75 Å². The summed E-state index contributed by atoms with van der Waals surface area (Å²) in [6.07, 6.45) is -0.840. The van der Waals surface area contributed by atoms with Crippen LogP contribution in [-0.2, 0) is 4.79 Å². The second-order valence-electron chi connectivity index (χ2n) is 6.13. The van der Waals surface area contributed by atoms with Crippen LogP contribution in [-0.4, -0.2) is 36.3 Å². The summed E-state index contributed by atoms with van der Waals surface area (Å²) in [4.78, 5) is 31.0. The number of carbonyl (C=O) groups is 1. The number of benzene rings is 2. The van der Waals surface area contributed by atoms with E-state index in [9.17, 15) is 14.7 Å². The highest BCUT2D eigenvalue weighted by Crippen LogP contribution is 2.32. The second kappa shape index (κ2) is 7.64. The molecule has 7 heteroatoms. The molecule has 0 saturated heterocycles. The molecule has 0 aromatic heterocycles. The lowest BCUT2D eigenvalue weighted by molar-refractivity contribution is 0.0953. The third-order valence-electron chi connectivity index (χ3n) is 4.58. The quantitative estimate of drug-likeness (QED) is 0.797. The first kappa shape index (κ1) is 19.3. The van der Waals surface area contributed by atoms with Crippen molar-refractivity contribution in [2.75, 3.05) is 18.1 Å². The van der Waals surface area contributed by atoms with E-state index in [1.807, 2.05) is 25.0 Å². The number of rotatable bonds is 4. The molecule has 0 fully saturated rings. The van der Waals surface area contributed by atoms with Crippen LogP contribution in [0.3, 0.4) is 0 Å². The summed E-state index contributed by atoms with van der Waals surface area (Å²) in [5, 5.41) is 10.3. The van der Waals surface area contributed by atoms with Gasteiger partial charge >= 0.3 is 0 Å². The molecule has 3 rings (SSSR count). The summed E-state index contributed by atoms with van der Waals surface area (Å²) >= 11 is 3.45. The van der Waals surface area contributed by atoms with Crippen LogP contribution in [0.25, 0.3) is 0 Å². The average molecular weight is 431 g/mol. The number of halogens is 1. The summed E-state index contributed by atoms with van der Waals surface area (Å²) in [6.45, 7) is 5.38. The first-order chi connectivity index (χ1) is 13.0. The van der Waals surface area contributed by atoms with Gasteiger partial charge in [-0.3, -0.25) is 14.7 Å². The van der Waals surface area contributed by atoms with Crippen molar-refractivity contribution in [2.45, 2.75) is 26.9 Å². The fraction of sp³-hybridized carbons (Fsp3) is 0.300. The number of aliphatic hydroxyl groups is 1. The van der Waals surface area contributed by atoms with Gasteiger partial charge in [-0.25, -0.2) is 4.79 Å². The van der Waals surface area contributed by atoms with Gasteiger partial charge in [0.2, 0.25) is 0 Å². The fourth-order valence-electron chi connectivity index (χ4n) is 3.37. The third-order valence-corrected chi connectivity index (χ3v) is 5.25. The van der Waals surface area contributed by atoms with Crippen LogP contribution in [0.1, 0.15) is 28.4 Å². The van der Waals surface area contributed by atoms with Gasteiger partial charge in [-0.05, 0) is 48.8 Å². The number of carbonyl (C=O) groups excluding carboxylic acids is 2. The Morgan fingerprint density at radius 2 is 2.00 bits per heavy atom. The molecule has 0 spiro atoms. The van der Waals surface area contributed by atoms with Gasteiger partial charge in [-0.2, -0.15) is 0 Å². The normalized spacial score (nSPS) is 15.8. The summed E-state index contributed by atoms with van der Waals surface area (Å²) in [5.41, 5.74) is 2.09. The maximum Gasteiger partial charge on any atom is 0.262 e. The number of nitrogens with zero attached hydrogens (tertiary/aromatic N) is 2. The predicted octanol–water partition coefficient (Wildman–Crippen LogP) is 1.57. The Morgan fingerprint density at radius 1 is 1.30 bits per heavy atom. The second-order valence-corrected chi connectivity index (χ2v) is 6.99. The fourth-order valence-corrected chi connectivity index (χ4v) is 3.84. The van der Waals surface area contributed by atoms with E-state index < -0.39 is 6.17 Å². The first-order valence-electron chi connectivity index (χ1n) is 8.54. The monoisotopic (exact) mass is 430 g/mol. The molecule has 2 aromatic rings. The van der Waals surface area contributed by atoms with Crippen molar-refractivity contribution in [3.05, 3.63) is 56.0 Å². The number of anilines is 1. The number of hydrogen-bond acceptors (Lipinski definition) is 5. The van der Waals surface area contributed by atoms with Crippen LogP contribution < -0.4 is 20.2 Å². The lowest BCUT2D eigenvalue weighted by Crippen LogP contribution is -2.52. The van der Waals surface area contributed by atoms with E-state index in [4.69, 9.17) is 4.74 Å². The van der Waals surface area contributed by atoms with E-state index in [2.05, 4.69) is 20.9 Å². The number of para-hydroxylation sites is 1. The van der Waals surface area contributed by atoms with Gasteiger partial charge < -0.3 is 9.84 Å². The predicted molar refractivity (Wildman–Crippen MR) is 104 cm³/mol. The van der Waals surface area contributed by atoms with Crippen molar-refractivity contribution in [3.63, 3.8) is 0 Å². The van der Waals surface area contributed by atoms with Crippen molar-refractivity contribution in [1.29, 1.82) is 0 Å². The van der Waals surface area contributed by atoms with Gasteiger partial charge in [-0.1, -0.05) is 12.1 Å². The minimum absolute atomic E-state index is 0.192. The molecule has 0 bridgehead atoms. The summed E-state index contributed by atoms with van der Waals surface area (Å²) in [6, 6.07) is 7.22. The number of ether oxygens (including phenoxy) is 1. The highest BCUT2D eigenvalue weighted by atomic mass is 79.9. The molecule has 0 aliphatic carbocycles. The Morgan fingerprint density at radius 3 is 2.59 bits per heavy atom. The van der Waals surface area contributed by atoms with Gasteiger partial charge in [0.1, 0.15) is 11.7 Å². The molecule has 0 radical (unpaired) electrons. The summed E-state index contributed by atoms with van der Waals surface area (Å²) in [7, 11) is 0. The minimum atomic E-state index is -0.840. The van der Waals surface area contributed by atoms with Crippen molar-refractivity contribution in [2.24, 2.45) is 4.99 Å². The number of hydrogen-bond donors (Lipinski definition) is 1.